The van der Waals surface area contributed by atoms with Crippen molar-refractivity contribution in [1.29, 1.82) is 0 Å². The van der Waals surface area contributed by atoms with Crippen LogP contribution in [-0.4, -0.2) is 45.8 Å². The number of rotatable bonds is 4. The van der Waals surface area contributed by atoms with Crippen molar-refractivity contribution >= 4 is 40.1 Å². The van der Waals surface area contributed by atoms with Crippen molar-refractivity contribution in [2.45, 2.75) is 32.5 Å². The van der Waals surface area contributed by atoms with Crippen LogP contribution >= 0.6 is 11.6 Å². The zero-order valence-electron chi connectivity index (χ0n) is 17.4. The molecule has 3 aromatic rings. The fraction of sp³-hybridized carbons (Fsp3) is 0.318. The van der Waals surface area contributed by atoms with Crippen LogP contribution in [-0.2, 0) is 4.74 Å². The Morgan fingerprint density at radius 3 is 2.71 bits per heavy atom. The Hall–Kier alpha value is -3.13. The van der Waals surface area contributed by atoms with E-state index in [1.165, 1.54) is 18.5 Å². The topological polar surface area (TPSA) is 76.6 Å². The van der Waals surface area contributed by atoms with Crippen LogP contribution in [0.25, 0.3) is 10.9 Å². The predicted molar refractivity (Wildman–Crippen MR) is 116 cm³/mol. The molecule has 31 heavy (non-hydrogen) atoms. The summed E-state index contributed by atoms with van der Waals surface area (Å²) < 4.78 is 25.0. The minimum atomic E-state index is -0.542. The van der Waals surface area contributed by atoms with Gasteiger partial charge in [0.05, 0.1) is 29.0 Å². The van der Waals surface area contributed by atoms with Gasteiger partial charge in [0.25, 0.3) is 0 Å². The van der Waals surface area contributed by atoms with Gasteiger partial charge in [-0.05, 0) is 51.1 Å². The van der Waals surface area contributed by atoms with Crippen molar-refractivity contribution in [3.63, 3.8) is 0 Å². The van der Waals surface area contributed by atoms with Gasteiger partial charge in [0, 0.05) is 5.69 Å². The molecule has 0 bridgehead atoms. The van der Waals surface area contributed by atoms with Crippen molar-refractivity contribution in [3.05, 3.63) is 53.6 Å². The number of anilines is 2. The maximum atomic E-state index is 13.5. The number of hydrogen-bond acceptors (Lipinski definition) is 6. The lowest BCUT2D eigenvalue weighted by molar-refractivity contribution is -0.0217. The molecule has 1 aliphatic rings. The highest BCUT2D eigenvalue weighted by Crippen LogP contribution is 2.33. The van der Waals surface area contributed by atoms with Crippen LogP contribution in [0, 0.1) is 5.82 Å². The van der Waals surface area contributed by atoms with E-state index >= 15 is 0 Å². The van der Waals surface area contributed by atoms with Gasteiger partial charge in [0.1, 0.15) is 35.4 Å². The number of amides is 1. The molecule has 0 atom stereocenters. The number of likely N-dealkylation sites (tertiary alicyclic amines) is 1. The summed E-state index contributed by atoms with van der Waals surface area (Å²) in [6.45, 7) is 6.34. The van der Waals surface area contributed by atoms with Gasteiger partial charge in [-0.15, -0.1) is 0 Å². The first kappa shape index (κ1) is 21.1. The number of fused-ring (bicyclic) bond motifs is 1. The van der Waals surface area contributed by atoms with E-state index in [9.17, 15) is 9.18 Å². The second-order valence-corrected chi connectivity index (χ2v) is 8.66. The Bertz CT molecular complexity index is 1120. The van der Waals surface area contributed by atoms with Gasteiger partial charge in [0.15, 0.2) is 0 Å². The smallest absolute Gasteiger partial charge is 0.410 e. The molecular formula is C22H22ClFN4O3. The van der Waals surface area contributed by atoms with Crippen LogP contribution in [0.1, 0.15) is 20.8 Å². The average molecular weight is 445 g/mol. The molecule has 7 nitrogen and oxygen atoms in total. The highest BCUT2D eigenvalue weighted by Gasteiger charge is 2.35. The Kier molecular flexibility index (Phi) is 5.58. The van der Waals surface area contributed by atoms with E-state index in [-0.39, 0.29) is 17.2 Å². The molecule has 2 heterocycles. The molecule has 4 rings (SSSR count). The molecule has 1 aliphatic heterocycles. The summed E-state index contributed by atoms with van der Waals surface area (Å²) in [5.74, 6) is 0.595. The monoisotopic (exact) mass is 444 g/mol. The van der Waals surface area contributed by atoms with E-state index in [0.717, 1.165) is 0 Å². The number of carbonyl (C=O) groups is 1. The summed E-state index contributed by atoms with van der Waals surface area (Å²) >= 11 is 5.89. The largest absolute Gasteiger partial charge is 0.486 e. The molecule has 1 N–H and O–H groups in total. The molecule has 9 heteroatoms. The maximum Gasteiger partial charge on any atom is 0.410 e. The summed E-state index contributed by atoms with van der Waals surface area (Å²) in [6.07, 6.45) is 0.906. The average Bonchev–Trinajstić information content (AvgIpc) is 2.66. The quantitative estimate of drug-likeness (QED) is 0.598. The predicted octanol–water partition coefficient (Wildman–Crippen LogP) is 5.16. The van der Waals surface area contributed by atoms with Gasteiger partial charge in [-0.3, -0.25) is 0 Å². The molecule has 0 saturated carbocycles. The van der Waals surface area contributed by atoms with E-state index in [0.29, 0.717) is 41.2 Å². The van der Waals surface area contributed by atoms with Crippen molar-refractivity contribution in [2.24, 2.45) is 0 Å². The highest BCUT2D eigenvalue weighted by molar-refractivity contribution is 6.31. The lowest BCUT2D eigenvalue weighted by Gasteiger charge is -2.39. The molecule has 0 unspecified atom stereocenters. The number of aromatic nitrogens is 2. The normalized spacial score (nSPS) is 14.3. The number of nitrogens with one attached hydrogen (secondary N) is 1. The van der Waals surface area contributed by atoms with E-state index < -0.39 is 11.4 Å². The lowest BCUT2D eigenvalue weighted by Crippen LogP contribution is -2.57. The van der Waals surface area contributed by atoms with Gasteiger partial charge in [-0.1, -0.05) is 17.7 Å². The molecule has 0 radical (unpaired) electrons. The van der Waals surface area contributed by atoms with Gasteiger partial charge >= 0.3 is 6.09 Å². The fourth-order valence-electron chi connectivity index (χ4n) is 3.15. The standard InChI is InChI=1S/C22H22ClFN4O3/c1-22(2,3)31-21(29)28-10-14(11-28)30-18-6-4-5-17-19(18)20(26-12-25-17)27-13-7-8-16(24)15(23)9-13/h4-9,12,14H,10-11H2,1-3H3,(H,25,26,27). The van der Waals surface area contributed by atoms with Crippen LogP contribution in [0.2, 0.25) is 5.02 Å². The van der Waals surface area contributed by atoms with Crippen LogP contribution in [0.4, 0.5) is 20.7 Å². The summed E-state index contributed by atoms with van der Waals surface area (Å²) in [4.78, 5) is 22.4. The second-order valence-electron chi connectivity index (χ2n) is 8.25. The van der Waals surface area contributed by atoms with Gasteiger partial charge in [0.2, 0.25) is 0 Å². The minimum Gasteiger partial charge on any atom is -0.486 e. The van der Waals surface area contributed by atoms with Crippen LogP contribution in [0.15, 0.2) is 42.7 Å². The molecule has 1 amide bonds. The van der Waals surface area contributed by atoms with Crippen molar-refractivity contribution in [1.82, 2.24) is 14.9 Å². The number of benzene rings is 2. The summed E-state index contributed by atoms with van der Waals surface area (Å²) in [5.41, 5.74) is 0.729. The van der Waals surface area contributed by atoms with Crippen molar-refractivity contribution < 1.29 is 18.7 Å². The SMILES string of the molecule is CC(C)(C)OC(=O)N1CC(Oc2cccc3ncnc(Nc4ccc(F)c(Cl)c4)c23)C1. The molecule has 0 spiro atoms. The molecule has 0 aliphatic carbocycles. The highest BCUT2D eigenvalue weighted by atomic mass is 35.5. The second kappa shape index (κ2) is 8.19. The van der Waals surface area contributed by atoms with Crippen molar-refractivity contribution in [3.8, 4) is 5.75 Å². The number of carbonyl (C=O) groups excluding carboxylic acids is 1. The summed E-state index contributed by atoms with van der Waals surface area (Å²) in [7, 11) is 0. The molecule has 1 saturated heterocycles. The van der Waals surface area contributed by atoms with Crippen molar-refractivity contribution in [2.75, 3.05) is 18.4 Å². The van der Waals surface area contributed by atoms with Crippen LogP contribution in [0.5, 0.6) is 5.75 Å². The number of nitrogens with zero attached hydrogens (tertiary/aromatic N) is 3. The van der Waals surface area contributed by atoms with Gasteiger partial charge in [-0.25, -0.2) is 19.2 Å². The Morgan fingerprint density at radius 1 is 1.23 bits per heavy atom. The van der Waals surface area contributed by atoms with Gasteiger partial charge < -0.3 is 19.7 Å². The molecular weight excluding hydrogens is 423 g/mol. The maximum absolute atomic E-state index is 13.5. The first-order valence-corrected chi connectivity index (χ1v) is 10.2. The Morgan fingerprint density at radius 2 is 2.00 bits per heavy atom. The first-order chi connectivity index (χ1) is 14.7. The van der Waals surface area contributed by atoms with E-state index in [2.05, 4.69) is 15.3 Å². The number of ether oxygens (including phenoxy) is 2. The van der Waals surface area contributed by atoms with Gasteiger partial charge in [-0.2, -0.15) is 0 Å². The van der Waals surface area contributed by atoms with Crippen LogP contribution < -0.4 is 10.1 Å². The van der Waals surface area contributed by atoms with E-state index in [1.807, 2.05) is 39.0 Å². The molecule has 162 valence electrons. The molecule has 2 aromatic carbocycles. The first-order valence-electron chi connectivity index (χ1n) is 9.80. The fourth-order valence-corrected chi connectivity index (χ4v) is 3.33. The zero-order valence-corrected chi connectivity index (χ0v) is 18.1. The minimum absolute atomic E-state index is 0.0107. The number of hydrogen-bond donors (Lipinski definition) is 1. The lowest BCUT2D eigenvalue weighted by atomic mass is 10.1. The number of halogens is 2. The third-order valence-corrected chi connectivity index (χ3v) is 4.89. The third-order valence-electron chi connectivity index (χ3n) is 4.60. The molecule has 1 aromatic heterocycles. The Labute approximate surface area is 184 Å². The van der Waals surface area contributed by atoms with Crippen LogP contribution in [0.3, 0.4) is 0 Å². The van der Waals surface area contributed by atoms with E-state index in [1.54, 1.807) is 11.0 Å². The van der Waals surface area contributed by atoms with E-state index in [4.69, 9.17) is 21.1 Å². The summed E-state index contributed by atoms with van der Waals surface area (Å²) in [6, 6.07) is 9.85. The Balaban J connectivity index is 1.53. The molecule has 1 fully saturated rings. The summed E-state index contributed by atoms with van der Waals surface area (Å²) in [5, 5.41) is 3.84. The third kappa shape index (κ3) is 4.80. The zero-order chi connectivity index (χ0) is 22.2.